The molecule has 0 aromatic heterocycles. The molecule has 7 heteroatoms. The summed E-state index contributed by atoms with van der Waals surface area (Å²) in [5.41, 5.74) is 0.419. The van der Waals surface area contributed by atoms with E-state index in [0.717, 1.165) is 12.5 Å². The lowest BCUT2D eigenvalue weighted by Crippen LogP contribution is -2.48. The van der Waals surface area contributed by atoms with Gasteiger partial charge in [-0.1, -0.05) is 13.3 Å². The van der Waals surface area contributed by atoms with Gasteiger partial charge in [0.1, 0.15) is 0 Å². The van der Waals surface area contributed by atoms with E-state index in [1.54, 1.807) is 7.05 Å². The molecule has 0 aromatic carbocycles. The number of aliphatic imine (C=N–C) groups is 1. The molecule has 1 saturated carbocycles. The molecule has 2 rings (SSSR count). The molecule has 1 heterocycles. The third kappa shape index (κ3) is 3.65. The molecule has 7 nitrogen and oxygen atoms in total. The van der Waals surface area contributed by atoms with Gasteiger partial charge in [-0.15, -0.1) is 0 Å². The molecule has 3 amide bonds. The summed E-state index contributed by atoms with van der Waals surface area (Å²) in [7, 11) is 1.72. The van der Waals surface area contributed by atoms with Crippen molar-refractivity contribution in [3.63, 3.8) is 0 Å². The number of carbonyl (C=O) groups excluding carboxylic acids is 2. The summed E-state index contributed by atoms with van der Waals surface area (Å²) in [6.45, 7) is 4.11. The zero-order valence-corrected chi connectivity index (χ0v) is 12.9. The highest BCUT2D eigenvalue weighted by Crippen LogP contribution is 2.42. The van der Waals surface area contributed by atoms with Crippen molar-refractivity contribution in [2.45, 2.75) is 32.6 Å². The van der Waals surface area contributed by atoms with Gasteiger partial charge in [0.05, 0.1) is 6.54 Å². The van der Waals surface area contributed by atoms with Crippen molar-refractivity contribution in [2.24, 2.45) is 10.4 Å². The number of rotatable bonds is 6. The lowest BCUT2D eigenvalue weighted by atomic mass is 9.67. The number of urea groups is 1. The van der Waals surface area contributed by atoms with E-state index in [1.807, 2.05) is 0 Å². The van der Waals surface area contributed by atoms with Gasteiger partial charge in [0.25, 0.3) is 0 Å². The van der Waals surface area contributed by atoms with Gasteiger partial charge in [0, 0.05) is 26.7 Å². The highest BCUT2D eigenvalue weighted by molar-refractivity contribution is 6.01. The summed E-state index contributed by atoms with van der Waals surface area (Å²) in [6, 6.07) is -0.316. The number of imide groups is 1. The molecule has 0 atom stereocenters. The van der Waals surface area contributed by atoms with Crippen LogP contribution >= 0.6 is 0 Å². The second-order valence-corrected chi connectivity index (χ2v) is 5.76. The van der Waals surface area contributed by atoms with Crippen molar-refractivity contribution >= 4 is 17.9 Å². The van der Waals surface area contributed by atoms with E-state index in [-0.39, 0.29) is 18.5 Å². The van der Waals surface area contributed by atoms with Gasteiger partial charge >= 0.3 is 6.03 Å². The normalized spacial score (nSPS) is 21.0. The van der Waals surface area contributed by atoms with Crippen LogP contribution in [0.4, 0.5) is 4.79 Å². The van der Waals surface area contributed by atoms with Gasteiger partial charge in [-0.05, 0) is 24.7 Å². The maximum absolute atomic E-state index is 11.4. The maximum atomic E-state index is 11.4. The molecule has 2 aliphatic rings. The molecule has 0 aromatic rings. The van der Waals surface area contributed by atoms with Gasteiger partial charge in [-0.25, -0.2) is 4.79 Å². The van der Waals surface area contributed by atoms with E-state index in [2.05, 4.69) is 27.9 Å². The molecule has 1 aliphatic carbocycles. The fourth-order valence-electron chi connectivity index (χ4n) is 2.79. The number of hydrogen-bond donors (Lipinski definition) is 3. The van der Waals surface area contributed by atoms with Crippen molar-refractivity contribution in [1.82, 2.24) is 20.9 Å². The fraction of sp³-hybridized carbons (Fsp3) is 0.786. The molecule has 1 aliphatic heterocycles. The van der Waals surface area contributed by atoms with E-state index < -0.39 is 0 Å². The van der Waals surface area contributed by atoms with Crippen molar-refractivity contribution in [3.05, 3.63) is 0 Å². The zero-order valence-electron chi connectivity index (χ0n) is 12.9. The minimum absolute atomic E-state index is 0.102. The monoisotopic (exact) mass is 295 g/mol. The Bertz CT molecular complexity index is 410. The maximum Gasteiger partial charge on any atom is 0.324 e. The number of amides is 3. The lowest BCUT2D eigenvalue weighted by molar-refractivity contribution is -0.124. The molecule has 1 saturated heterocycles. The first-order valence-electron chi connectivity index (χ1n) is 7.63. The first-order valence-corrected chi connectivity index (χ1v) is 7.63. The second kappa shape index (κ2) is 6.78. The predicted molar refractivity (Wildman–Crippen MR) is 81.1 cm³/mol. The summed E-state index contributed by atoms with van der Waals surface area (Å²) < 4.78 is 0. The van der Waals surface area contributed by atoms with Crippen molar-refractivity contribution in [3.8, 4) is 0 Å². The van der Waals surface area contributed by atoms with Crippen LogP contribution in [-0.4, -0.2) is 56.0 Å². The van der Waals surface area contributed by atoms with E-state index in [9.17, 15) is 9.59 Å². The standard InChI is InChI=1S/C14H25N5O2/c1-3-14(5-4-6-14)10-18-12(15-2)16-7-8-19-11(20)9-17-13(19)21/h3-10H2,1-2H3,(H,17,21)(H2,15,16,18). The fourth-order valence-corrected chi connectivity index (χ4v) is 2.79. The highest BCUT2D eigenvalue weighted by Gasteiger charge is 2.35. The van der Waals surface area contributed by atoms with Gasteiger partial charge in [0.15, 0.2) is 5.96 Å². The van der Waals surface area contributed by atoms with Gasteiger partial charge in [-0.3, -0.25) is 14.7 Å². The number of guanidine groups is 1. The number of carbonyl (C=O) groups is 2. The Balaban J connectivity index is 1.70. The Kier molecular flexibility index (Phi) is 5.03. The van der Waals surface area contributed by atoms with Gasteiger partial charge in [0.2, 0.25) is 5.91 Å². The van der Waals surface area contributed by atoms with Crippen LogP contribution in [0.5, 0.6) is 0 Å². The second-order valence-electron chi connectivity index (χ2n) is 5.76. The average molecular weight is 295 g/mol. The molecule has 0 bridgehead atoms. The Morgan fingerprint density at radius 2 is 2.14 bits per heavy atom. The molecule has 3 N–H and O–H groups in total. The quantitative estimate of drug-likeness (QED) is 0.373. The first-order chi connectivity index (χ1) is 10.1. The van der Waals surface area contributed by atoms with E-state index in [1.165, 1.54) is 30.6 Å². The molecule has 0 spiro atoms. The van der Waals surface area contributed by atoms with Gasteiger partial charge < -0.3 is 16.0 Å². The molecule has 0 radical (unpaired) electrons. The van der Waals surface area contributed by atoms with Crippen LogP contribution in [0.3, 0.4) is 0 Å². The number of nitrogens with zero attached hydrogens (tertiary/aromatic N) is 2. The van der Waals surface area contributed by atoms with E-state index in [4.69, 9.17) is 0 Å². The topological polar surface area (TPSA) is 85.8 Å². The highest BCUT2D eigenvalue weighted by atomic mass is 16.2. The third-order valence-corrected chi connectivity index (χ3v) is 4.58. The molecule has 21 heavy (non-hydrogen) atoms. The van der Waals surface area contributed by atoms with Crippen LogP contribution in [0.15, 0.2) is 4.99 Å². The minimum Gasteiger partial charge on any atom is -0.356 e. The molecule has 0 unspecified atom stereocenters. The van der Waals surface area contributed by atoms with Crippen molar-refractivity contribution in [1.29, 1.82) is 0 Å². The van der Waals surface area contributed by atoms with Crippen LogP contribution in [-0.2, 0) is 4.79 Å². The van der Waals surface area contributed by atoms with E-state index >= 15 is 0 Å². The Morgan fingerprint density at radius 3 is 2.62 bits per heavy atom. The zero-order chi connectivity index (χ0) is 15.3. The summed E-state index contributed by atoms with van der Waals surface area (Å²) in [4.78, 5) is 28.2. The van der Waals surface area contributed by atoms with Crippen LogP contribution in [0.25, 0.3) is 0 Å². The largest absolute Gasteiger partial charge is 0.356 e. The summed E-state index contributed by atoms with van der Waals surface area (Å²) in [5, 5.41) is 9.00. The first kappa shape index (κ1) is 15.6. The van der Waals surface area contributed by atoms with Crippen molar-refractivity contribution in [2.75, 3.05) is 33.2 Å². The molecular formula is C14H25N5O2. The van der Waals surface area contributed by atoms with Gasteiger partial charge in [-0.2, -0.15) is 0 Å². The summed E-state index contributed by atoms with van der Waals surface area (Å²) in [5.74, 6) is 0.547. The van der Waals surface area contributed by atoms with Crippen molar-refractivity contribution < 1.29 is 9.59 Å². The predicted octanol–water partition coefficient (Wildman–Crippen LogP) is 0.284. The number of nitrogens with one attached hydrogen (secondary N) is 3. The number of hydrogen-bond acceptors (Lipinski definition) is 3. The lowest BCUT2D eigenvalue weighted by Gasteiger charge is -2.41. The third-order valence-electron chi connectivity index (χ3n) is 4.58. The molecular weight excluding hydrogens is 270 g/mol. The van der Waals surface area contributed by atoms with Crippen LogP contribution < -0.4 is 16.0 Å². The molecule has 2 fully saturated rings. The minimum atomic E-state index is -0.316. The molecule has 118 valence electrons. The Morgan fingerprint density at radius 1 is 1.38 bits per heavy atom. The average Bonchev–Trinajstić information content (AvgIpc) is 2.76. The smallest absolute Gasteiger partial charge is 0.324 e. The Labute approximate surface area is 125 Å². The summed E-state index contributed by atoms with van der Waals surface area (Å²) in [6.07, 6.45) is 5.04. The van der Waals surface area contributed by atoms with Crippen LogP contribution in [0.1, 0.15) is 32.6 Å². The Hall–Kier alpha value is -1.79. The van der Waals surface area contributed by atoms with Crippen LogP contribution in [0.2, 0.25) is 0 Å². The SMILES string of the molecule is CCC1(CNC(=NC)NCCN2C(=O)CNC2=O)CCC1. The van der Waals surface area contributed by atoms with Crippen LogP contribution in [0, 0.1) is 5.41 Å². The summed E-state index contributed by atoms with van der Waals surface area (Å²) >= 11 is 0. The van der Waals surface area contributed by atoms with E-state index in [0.29, 0.717) is 18.5 Å².